The molecule has 1 aromatic carbocycles. The van der Waals surface area contributed by atoms with E-state index in [1.807, 2.05) is 30.5 Å². The fraction of sp³-hybridized carbons (Fsp3) is 0.375. The Morgan fingerprint density at radius 3 is 3.14 bits per heavy atom. The summed E-state index contributed by atoms with van der Waals surface area (Å²) in [5, 5.41) is 3.65. The predicted molar refractivity (Wildman–Crippen MR) is 92.9 cm³/mol. The number of aromatic nitrogens is 1. The van der Waals surface area contributed by atoms with Gasteiger partial charge < -0.3 is 0 Å². The van der Waals surface area contributed by atoms with Crippen LogP contribution in [0.25, 0.3) is 0 Å². The zero-order chi connectivity index (χ0) is 15.5. The number of rotatable bonds is 4. The lowest BCUT2D eigenvalue weighted by Gasteiger charge is -2.23. The van der Waals surface area contributed by atoms with Gasteiger partial charge in [0.25, 0.3) is 5.91 Å². The van der Waals surface area contributed by atoms with E-state index in [0.29, 0.717) is 10.7 Å². The van der Waals surface area contributed by atoms with Gasteiger partial charge in [-0.1, -0.05) is 13.0 Å². The largest absolute Gasteiger partial charge is 0.298 e. The first kappa shape index (κ1) is 15.5. The van der Waals surface area contributed by atoms with Crippen LogP contribution in [0.1, 0.15) is 27.9 Å². The fourth-order valence-corrected chi connectivity index (χ4v) is 4.01. The molecule has 1 N–H and O–H groups in total. The lowest BCUT2D eigenvalue weighted by Crippen LogP contribution is -2.29. The molecule has 2 heterocycles. The van der Waals surface area contributed by atoms with Gasteiger partial charge in [-0.25, -0.2) is 4.98 Å². The molecular formula is C16H19N3OS2. The summed E-state index contributed by atoms with van der Waals surface area (Å²) in [7, 11) is 0. The third-order valence-corrected chi connectivity index (χ3v) is 5.53. The Bertz CT molecular complexity index is 684. The van der Waals surface area contributed by atoms with Crippen molar-refractivity contribution in [1.82, 2.24) is 9.88 Å². The number of carbonyl (C=O) groups excluding carboxylic acids is 1. The highest BCUT2D eigenvalue weighted by atomic mass is 32.2. The maximum Gasteiger partial charge on any atom is 0.257 e. The average Bonchev–Trinajstić information content (AvgIpc) is 2.95. The van der Waals surface area contributed by atoms with Crippen LogP contribution in [0.15, 0.2) is 29.2 Å². The lowest BCUT2D eigenvalue weighted by atomic mass is 10.2. The van der Waals surface area contributed by atoms with Crippen LogP contribution < -0.4 is 5.32 Å². The summed E-state index contributed by atoms with van der Waals surface area (Å²) in [4.78, 5) is 21.7. The van der Waals surface area contributed by atoms with Crippen LogP contribution in [0.3, 0.4) is 0 Å². The number of benzene rings is 1. The van der Waals surface area contributed by atoms with Gasteiger partial charge in [0.1, 0.15) is 0 Å². The standard InChI is InChI=1S/C16H19N3OS2/c1-3-19-8-7-13-14(10-19)22-16(17-13)18-15(20)11-5-4-6-12(9-11)21-2/h4-6,9H,3,7-8,10H2,1-2H3,(H,17,18,20). The molecule has 0 atom stereocenters. The van der Waals surface area contributed by atoms with Crippen molar-refractivity contribution in [2.75, 3.05) is 24.7 Å². The minimum atomic E-state index is -0.0886. The Hall–Kier alpha value is -1.37. The quantitative estimate of drug-likeness (QED) is 0.870. The van der Waals surface area contributed by atoms with Crippen LogP contribution in [0.2, 0.25) is 0 Å². The lowest BCUT2D eigenvalue weighted by molar-refractivity contribution is 0.102. The Balaban J connectivity index is 1.73. The molecule has 0 saturated heterocycles. The third-order valence-electron chi connectivity index (χ3n) is 3.81. The number of amides is 1. The summed E-state index contributed by atoms with van der Waals surface area (Å²) in [6.45, 7) is 5.23. The van der Waals surface area contributed by atoms with E-state index in [9.17, 15) is 4.79 Å². The van der Waals surface area contributed by atoms with Gasteiger partial charge in [-0.05, 0) is 31.0 Å². The number of likely N-dealkylation sites (N-methyl/N-ethyl adjacent to an activating group) is 1. The molecule has 2 aromatic rings. The molecule has 116 valence electrons. The number of hydrogen-bond donors (Lipinski definition) is 1. The molecule has 0 fully saturated rings. The highest BCUT2D eigenvalue weighted by molar-refractivity contribution is 7.98. The molecule has 1 amide bonds. The van der Waals surface area contributed by atoms with Gasteiger partial charge in [-0.3, -0.25) is 15.0 Å². The number of fused-ring (bicyclic) bond motifs is 1. The second-order valence-electron chi connectivity index (χ2n) is 5.19. The molecule has 0 spiro atoms. The van der Waals surface area contributed by atoms with Gasteiger partial charge in [0.15, 0.2) is 5.13 Å². The normalized spacial score (nSPS) is 14.6. The zero-order valence-electron chi connectivity index (χ0n) is 12.8. The summed E-state index contributed by atoms with van der Waals surface area (Å²) in [6, 6.07) is 7.66. The maximum atomic E-state index is 12.4. The molecule has 0 unspecified atom stereocenters. The molecule has 22 heavy (non-hydrogen) atoms. The van der Waals surface area contributed by atoms with Crippen molar-refractivity contribution in [1.29, 1.82) is 0 Å². The van der Waals surface area contributed by atoms with Gasteiger partial charge in [-0.15, -0.1) is 23.1 Å². The van der Waals surface area contributed by atoms with Gasteiger partial charge in [0.2, 0.25) is 0 Å². The highest BCUT2D eigenvalue weighted by Gasteiger charge is 2.20. The number of hydrogen-bond acceptors (Lipinski definition) is 5. The number of anilines is 1. The average molecular weight is 333 g/mol. The number of thioether (sulfide) groups is 1. The van der Waals surface area contributed by atoms with Crippen LogP contribution in [0, 0.1) is 0 Å². The van der Waals surface area contributed by atoms with Crippen molar-refractivity contribution >= 4 is 34.1 Å². The topological polar surface area (TPSA) is 45.2 Å². The Labute approximate surface area is 138 Å². The molecule has 0 saturated carbocycles. The molecule has 3 rings (SSSR count). The van der Waals surface area contributed by atoms with Crippen molar-refractivity contribution in [2.45, 2.75) is 24.8 Å². The molecule has 6 heteroatoms. The second kappa shape index (κ2) is 6.81. The smallest absolute Gasteiger partial charge is 0.257 e. The van der Waals surface area contributed by atoms with Crippen LogP contribution in [-0.2, 0) is 13.0 Å². The van der Waals surface area contributed by atoms with Crippen LogP contribution >= 0.6 is 23.1 Å². The summed E-state index contributed by atoms with van der Waals surface area (Å²) in [6.07, 6.45) is 2.98. The van der Waals surface area contributed by atoms with E-state index in [2.05, 4.69) is 22.1 Å². The van der Waals surface area contributed by atoms with Gasteiger partial charge >= 0.3 is 0 Å². The first-order chi connectivity index (χ1) is 10.7. The van der Waals surface area contributed by atoms with E-state index in [-0.39, 0.29) is 5.91 Å². The van der Waals surface area contributed by atoms with Crippen LogP contribution in [-0.4, -0.2) is 35.1 Å². The van der Waals surface area contributed by atoms with E-state index in [4.69, 9.17) is 0 Å². The van der Waals surface area contributed by atoms with E-state index >= 15 is 0 Å². The van der Waals surface area contributed by atoms with Crippen molar-refractivity contribution in [2.24, 2.45) is 0 Å². The monoisotopic (exact) mass is 333 g/mol. The minimum absolute atomic E-state index is 0.0886. The molecule has 0 radical (unpaired) electrons. The van der Waals surface area contributed by atoms with Gasteiger partial charge in [0, 0.05) is 34.8 Å². The minimum Gasteiger partial charge on any atom is -0.298 e. The van der Waals surface area contributed by atoms with E-state index < -0.39 is 0 Å². The van der Waals surface area contributed by atoms with Crippen LogP contribution in [0.4, 0.5) is 5.13 Å². The van der Waals surface area contributed by atoms with Crippen molar-refractivity contribution in [3.05, 3.63) is 40.4 Å². The van der Waals surface area contributed by atoms with Crippen molar-refractivity contribution in [3.63, 3.8) is 0 Å². The van der Waals surface area contributed by atoms with E-state index in [1.165, 1.54) is 4.88 Å². The summed E-state index contributed by atoms with van der Waals surface area (Å²) in [5.74, 6) is -0.0886. The number of thiazole rings is 1. The summed E-state index contributed by atoms with van der Waals surface area (Å²) in [5.41, 5.74) is 1.82. The first-order valence-electron chi connectivity index (χ1n) is 7.36. The SMILES string of the molecule is CCN1CCc2nc(NC(=O)c3cccc(SC)c3)sc2C1. The predicted octanol–water partition coefficient (Wildman–Crippen LogP) is 3.50. The van der Waals surface area contributed by atoms with Gasteiger partial charge in [-0.2, -0.15) is 0 Å². The van der Waals surface area contributed by atoms with Crippen molar-refractivity contribution < 1.29 is 4.79 Å². The fourth-order valence-electron chi connectivity index (χ4n) is 2.51. The molecule has 4 nitrogen and oxygen atoms in total. The number of carbonyl (C=O) groups is 1. The molecule has 0 aliphatic carbocycles. The Morgan fingerprint density at radius 1 is 1.50 bits per heavy atom. The number of nitrogens with one attached hydrogen (secondary N) is 1. The molecule has 1 aliphatic rings. The van der Waals surface area contributed by atoms with E-state index in [0.717, 1.165) is 36.6 Å². The number of nitrogens with zero attached hydrogens (tertiary/aromatic N) is 2. The van der Waals surface area contributed by atoms with Crippen LogP contribution in [0.5, 0.6) is 0 Å². The first-order valence-corrected chi connectivity index (χ1v) is 9.40. The molecular weight excluding hydrogens is 314 g/mol. The molecule has 1 aliphatic heterocycles. The Kier molecular flexibility index (Phi) is 4.81. The second-order valence-corrected chi connectivity index (χ2v) is 7.16. The highest BCUT2D eigenvalue weighted by Crippen LogP contribution is 2.28. The van der Waals surface area contributed by atoms with Crippen molar-refractivity contribution in [3.8, 4) is 0 Å². The maximum absolute atomic E-state index is 12.4. The zero-order valence-corrected chi connectivity index (χ0v) is 14.4. The third kappa shape index (κ3) is 3.34. The molecule has 1 aromatic heterocycles. The summed E-state index contributed by atoms with van der Waals surface area (Å²) < 4.78 is 0. The Morgan fingerprint density at radius 2 is 2.36 bits per heavy atom. The molecule has 0 bridgehead atoms. The van der Waals surface area contributed by atoms with E-state index in [1.54, 1.807) is 23.1 Å². The summed E-state index contributed by atoms with van der Waals surface area (Å²) >= 11 is 3.23. The van der Waals surface area contributed by atoms with Gasteiger partial charge in [0.05, 0.1) is 5.69 Å².